The van der Waals surface area contributed by atoms with Gasteiger partial charge in [-0.15, -0.1) is 0 Å². The predicted molar refractivity (Wildman–Crippen MR) is 63.2 cm³/mol. The number of phenols is 1. The number of hydrogen-bond donors (Lipinski definition) is 2. The fraction of sp³-hybridized carbons (Fsp3) is 0.143. The van der Waals surface area contributed by atoms with Crippen LogP contribution in [0.3, 0.4) is 0 Å². The van der Waals surface area contributed by atoms with Crippen LogP contribution in [0.1, 0.15) is 22.7 Å². The van der Waals surface area contributed by atoms with Gasteiger partial charge in [0.1, 0.15) is 11.6 Å². The standard InChI is InChI=1S/C14H12FNO/c15-10-6-5-9-8-16-14(12(9)7-10)11-3-1-2-4-13(11)17/h1-7,14,16-17H,8H2. The van der Waals surface area contributed by atoms with Gasteiger partial charge in [-0.05, 0) is 29.3 Å². The third-order valence-electron chi connectivity index (χ3n) is 3.16. The highest BCUT2D eigenvalue weighted by Gasteiger charge is 2.25. The summed E-state index contributed by atoms with van der Waals surface area (Å²) in [6, 6.07) is 11.8. The van der Waals surface area contributed by atoms with Crippen LogP contribution in [-0.4, -0.2) is 5.11 Å². The number of fused-ring (bicyclic) bond motifs is 1. The molecule has 0 spiro atoms. The number of phenolic OH excluding ortho intramolecular Hbond substituents is 1. The van der Waals surface area contributed by atoms with Crippen molar-refractivity contribution in [1.29, 1.82) is 0 Å². The van der Waals surface area contributed by atoms with E-state index in [1.165, 1.54) is 12.1 Å². The van der Waals surface area contributed by atoms with Crippen LogP contribution in [0.25, 0.3) is 0 Å². The van der Waals surface area contributed by atoms with E-state index in [4.69, 9.17) is 0 Å². The number of para-hydroxylation sites is 1. The van der Waals surface area contributed by atoms with Crippen molar-refractivity contribution < 1.29 is 9.50 Å². The molecule has 2 nitrogen and oxygen atoms in total. The molecular weight excluding hydrogens is 217 g/mol. The molecule has 2 N–H and O–H groups in total. The first-order valence-electron chi connectivity index (χ1n) is 5.55. The van der Waals surface area contributed by atoms with Crippen molar-refractivity contribution in [2.45, 2.75) is 12.6 Å². The van der Waals surface area contributed by atoms with Crippen LogP contribution in [0.5, 0.6) is 5.75 Å². The largest absolute Gasteiger partial charge is 0.508 e. The van der Waals surface area contributed by atoms with Crippen molar-refractivity contribution in [2.75, 3.05) is 0 Å². The van der Waals surface area contributed by atoms with Gasteiger partial charge in [-0.2, -0.15) is 0 Å². The average Bonchev–Trinajstić information content (AvgIpc) is 2.72. The number of aromatic hydroxyl groups is 1. The quantitative estimate of drug-likeness (QED) is 0.788. The molecule has 17 heavy (non-hydrogen) atoms. The highest BCUT2D eigenvalue weighted by atomic mass is 19.1. The number of nitrogens with one attached hydrogen (secondary N) is 1. The Bertz CT molecular complexity index is 568. The minimum atomic E-state index is -0.243. The number of benzene rings is 2. The molecule has 1 aliphatic heterocycles. The lowest BCUT2D eigenvalue weighted by atomic mass is 9.98. The summed E-state index contributed by atoms with van der Waals surface area (Å²) in [7, 11) is 0. The van der Waals surface area contributed by atoms with E-state index >= 15 is 0 Å². The van der Waals surface area contributed by atoms with Crippen molar-refractivity contribution in [3.63, 3.8) is 0 Å². The summed E-state index contributed by atoms with van der Waals surface area (Å²) in [5, 5.41) is 13.1. The van der Waals surface area contributed by atoms with Gasteiger partial charge in [0.15, 0.2) is 0 Å². The second-order valence-electron chi connectivity index (χ2n) is 4.22. The maximum Gasteiger partial charge on any atom is 0.123 e. The van der Waals surface area contributed by atoms with Crippen LogP contribution in [-0.2, 0) is 6.54 Å². The fourth-order valence-electron chi connectivity index (χ4n) is 2.33. The van der Waals surface area contributed by atoms with Gasteiger partial charge in [0.25, 0.3) is 0 Å². The Labute approximate surface area is 98.7 Å². The maximum absolute atomic E-state index is 13.3. The van der Waals surface area contributed by atoms with Gasteiger partial charge in [0, 0.05) is 12.1 Å². The minimum absolute atomic E-state index is 0.123. The molecule has 1 aliphatic rings. The summed E-state index contributed by atoms with van der Waals surface area (Å²) in [6.07, 6.45) is 0. The maximum atomic E-state index is 13.3. The molecule has 2 aromatic carbocycles. The normalized spacial score (nSPS) is 18.1. The van der Waals surface area contributed by atoms with Gasteiger partial charge in [0.05, 0.1) is 6.04 Å². The summed E-state index contributed by atoms with van der Waals surface area (Å²) >= 11 is 0. The lowest BCUT2D eigenvalue weighted by molar-refractivity contribution is 0.460. The van der Waals surface area contributed by atoms with Crippen molar-refractivity contribution in [3.05, 3.63) is 65.0 Å². The van der Waals surface area contributed by atoms with Crippen LogP contribution in [0, 0.1) is 5.82 Å². The smallest absolute Gasteiger partial charge is 0.123 e. The first-order chi connectivity index (χ1) is 8.25. The lowest BCUT2D eigenvalue weighted by Gasteiger charge is -2.14. The van der Waals surface area contributed by atoms with E-state index < -0.39 is 0 Å². The number of rotatable bonds is 1. The van der Waals surface area contributed by atoms with E-state index in [1.807, 2.05) is 12.1 Å². The molecule has 86 valence electrons. The summed E-state index contributed by atoms with van der Waals surface area (Å²) < 4.78 is 13.3. The van der Waals surface area contributed by atoms with Crippen molar-refractivity contribution >= 4 is 0 Å². The van der Waals surface area contributed by atoms with Crippen LogP contribution >= 0.6 is 0 Å². The van der Waals surface area contributed by atoms with Gasteiger partial charge in [-0.25, -0.2) is 4.39 Å². The molecule has 1 unspecified atom stereocenters. The van der Waals surface area contributed by atoms with Crippen LogP contribution < -0.4 is 5.32 Å². The van der Waals surface area contributed by atoms with E-state index in [2.05, 4.69) is 5.32 Å². The molecule has 0 radical (unpaired) electrons. The molecule has 0 saturated carbocycles. The van der Waals surface area contributed by atoms with Gasteiger partial charge < -0.3 is 10.4 Å². The Morgan fingerprint density at radius 3 is 2.76 bits per heavy atom. The Morgan fingerprint density at radius 2 is 1.94 bits per heavy atom. The molecular formula is C14H12FNO. The second-order valence-corrected chi connectivity index (χ2v) is 4.22. The Kier molecular flexibility index (Phi) is 2.34. The molecule has 0 aliphatic carbocycles. The summed E-state index contributed by atoms with van der Waals surface area (Å²) in [4.78, 5) is 0. The van der Waals surface area contributed by atoms with E-state index in [0.717, 1.165) is 16.7 Å². The van der Waals surface area contributed by atoms with E-state index in [1.54, 1.807) is 18.2 Å². The fourth-order valence-corrected chi connectivity index (χ4v) is 2.33. The molecule has 1 atom stereocenters. The SMILES string of the molecule is Oc1ccccc1C1NCc2ccc(F)cc21. The lowest BCUT2D eigenvalue weighted by Crippen LogP contribution is -2.13. The first kappa shape index (κ1) is 10.3. The number of halogens is 1. The Hall–Kier alpha value is -1.87. The monoisotopic (exact) mass is 229 g/mol. The summed E-state index contributed by atoms with van der Waals surface area (Å²) in [5.74, 6) is -0.00465. The van der Waals surface area contributed by atoms with Crippen LogP contribution in [0.2, 0.25) is 0 Å². The zero-order valence-corrected chi connectivity index (χ0v) is 9.15. The predicted octanol–water partition coefficient (Wildman–Crippen LogP) is 2.72. The zero-order valence-electron chi connectivity index (χ0n) is 9.15. The molecule has 0 bridgehead atoms. The van der Waals surface area contributed by atoms with Crippen LogP contribution in [0.4, 0.5) is 4.39 Å². The van der Waals surface area contributed by atoms with E-state index in [9.17, 15) is 9.50 Å². The molecule has 3 rings (SSSR count). The Morgan fingerprint density at radius 1 is 1.12 bits per heavy atom. The van der Waals surface area contributed by atoms with Gasteiger partial charge in [0.2, 0.25) is 0 Å². The summed E-state index contributed by atoms with van der Waals surface area (Å²) in [6.45, 7) is 0.703. The van der Waals surface area contributed by atoms with E-state index in [0.29, 0.717) is 6.54 Å². The van der Waals surface area contributed by atoms with Crippen molar-refractivity contribution in [3.8, 4) is 5.75 Å². The van der Waals surface area contributed by atoms with Crippen molar-refractivity contribution in [2.24, 2.45) is 0 Å². The molecule has 0 aromatic heterocycles. The second kappa shape index (κ2) is 3.86. The van der Waals surface area contributed by atoms with Crippen molar-refractivity contribution in [1.82, 2.24) is 5.32 Å². The third kappa shape index (κ3) is 1.68. The molecule has 3 heteroatoms. The van der Waals surface area contributed by atoms with E-state index in [-0.39, 0.29) is 17.6 Å². The minimum Gasteiger partial charge on any atom is -0.508 e. The van der Waals surface area contributed by atoms with Crippen LogP contribution in [0.15, 0.2) is 42.5 Å². The van der Waals surface area contributed by atoms with Gasteiger partial charge in [-0.1, -0.05) is 24.3 Å². The first-order valence-corrected chi connectivity index (χ1v) is 5.55. The topological polar surface area (TPSA) is 32.3 Å². The van der Waals surface area contributed by atoms with Gasteiger partial charge in [-0.3, -0.25) is 0 Å². The molecule has 0 amide bonds. The molecule has 2 aromatic rings. The van der Waals surface area contributed by atoms with Gasteiger partial charge >= 0.3 is 0 Å². The third-order valence-corrected chi connectivity index (χ3v) is 3.16. The summed E-state index contributed by atoms with van der Waals surface area (Å²) in [5.41, 5.74) is 2.78. The molecule has 0 fully saturated rings. The average molecular weight is 229 g/mol. The molecule has 1 heterocycles. The molecule has 0 saturated heterocycles. The Balaban J connectivity index is 2.10. The number of hydrogen-bond acceptors (Lipinski definition) is 2. The highest BCUT2D eigenvalue weighted by molar-refractivity contribution is 5.46. The zero-order chi connectivity index (χ0) is 11.8. The highest BCUT2D eigenvalue weighted by Crippen LogP contribution is 2.35.